The van der Waals surface area contributed by atoms with Crippen molar-refractivity contribution in [2.24, 2.45) is 0 Å². The Hall–Kier alpha value is -2.66. The number of hydrogen-bond donors (Lipinski definition) is 2. The second-order valence-electron chi connectivity index (χ2n) is 6.18. The zero-order valence-corrected chi connectivity index (χ0v) is 15.6. The maximum Gasteiger partial charge on any atom is 0.267 e. The fourth-order valence-corrected chi connectivity index (χ4v) is 3.31. The molecule has 5 heteroatoms. The Labute approximate surface area is 151 Å². The summed E-state index contributed by atoms with van der Waals surface area (Å²) in [6.07, 6.45) is 0. The monoisotopic (exact) mass is 351 g/mol. The molecule has 1 heterocycles. The number of nitrogens with one attached hydrogen (secondary N) is 2. The summed E-state index contributed by atoms with van der Waals surface area (Å²) in [5.74, 6) is -0.129. The second kappa shape index (κ2) is 7.07. The summed E-state index contributed by atoms with van der Waals surface area (Å²) in [5.41, 5.74) is 6.04. The maximum atomic E-state index is 12.6. The van der Waals surface area contributed by atoms with E-state index in [2.05, 4.69) is 22.5 Å². The number of carbonyl (C=O) groups excluding carboxylic acids is 1. The predicted molar refractivity (Wildman–Crippen MR) is 105 cm³/mol. The SMILES string of the molecule is Cc1ccc(Nc2nc(C)c(C(=O)Nc3ccc(C)c(C)c3)s2)cc1. The normalized spacial score (nSPS) is 10.6. The lowest BCUT2D eigenvalue weighted by Crippen LogP contribution is -2.11. The molecular formula is C20H21N3OS. The highest BCUT2D eigenvalue weighted by molar-refractivity contribution is 7.17. The van der Waals surface area contributed by atoms with Gasteiger partial charge in [-0.15, -0.1) is 0 Å². The number of aromatic nitrogens is 1. The van der Waals surface area contributed by atoms with E-state index in [0.29, 0.717) is 10.0 Å². The van der Waals surface area contributed by atoms with Crippen LogP contribution in [0.5, 0.6) is 0 Å². The number of aryl methyl sites for hydroxylation is 4. The van der Waals surface area contributed by atoms with E-state index in [-0.39, 0.29) is 5.91 Å². The van der Waals surface area contributed by atoms with Crippen LogP contribution in [0, 0.1) is 27.7 Å². The minimum atomic E-state index is -0.129. The van der Waals surface area contributed by atoms with Crippen LogP contribution in [0.4, 0.5) is 16.5 Å². The summed E-state index contributed by atoms with van der Waals surface area (Å²) in [7, 11) is 0. The Balaban J connectivity index is 1.75. The van der Waals surface area contributed by atoms with Crippen LogP contribution >= 0.6 is 11.3 Å². The molecular weight excluding hydrogens is 330 g/mol. The van der Waals surface area contributed by atoms with Gasteiger partial charge in [0.05, 0.1) is 5.69 Å². The van der Waals surface area contributed by atoms with Crippen molar-refractivity contribution in [1.82, 2.24) is 4.98 Å². The third-order valence-electron chi connectivity index (χ3n) is 4.07. The Morgan fingerprint density at radius 1 is 0.920 bits per heavy atom. The van der Waals surface area contributed by atoms with Gasteiger partial charge >= 0.3 is 0 Å². The van der Waals surface area contributed by atoms with Crippen molar-refractivity contribution in [1.29, 1.82) is 0 Å². The molecule has 0 saturated heterocycles. The van der Waals surface area contributed by atoms with Crippen LogP contribution < -0.4 is 10.6 Å². The van der Waals surface area contributed by atoms with E-state index in [0.717, 1.165) is 22.6 Å². The van der Waals surface area contributed by atoms with Crippen molar-refractivity contribution in [2.75, 3.05) is 10.6 Å². The largest absolute Gasteiger partial charge is 0.332 e. The molecule has 0 unspecified atom stereocenters. The van der Waals surface area contributed by atoms with Gasteiger partial charge in [0.15, 0.2) is 5.13 Å². The van der Waals surface area contributed by atoms with Gasteiger partial charge in [-0.1, -0.05) is 35.1 Å². The van der Waals surface area contributed by atoms with Gasteiger partial charge in [-0.2, -0.15) is 0 Å². The number of amides is 1. The number of hydrogen-bond acceptors (Lipinski definition) is 4. The van der Waals surface area contributed by atoms with E-state index in [4.69, 9.17) is 0 Å². The molecule has 2 aromatic carbocycles. The van der Waals surface area contributed by atoms with E-state index < -0.39 is 0 Å². The van der Waals surface area contributed by atoms with Gasteiger partial charge in [0.1, 0.15) is 4.88 Å². The first-order valence-electron chi connectivity index (χ1n) is 8.12. The Kier molecular flexibility index (Phi) is 4.86. The van der Waals surface area contributed by atoms with Gasteiger partial charge in [0, 0.05) is 11.4 Å². The summed E-state index contributed by atoms with van der Waals surface area (Å²) in [4.78, 5) is 17.7. The van der Waals surface area contributed by atoms with Crippen molar-refractivity contribution in [2.45, 2.75) is 27.7 Å². The Bertz CT molecular complexity index is 913. The van der Waals surface area contributed by atoms with Gasteiger partial charge in [0.2, 0.25) is 0 Å². The lowest BCUT2D eigenvalue weighted by atomic mass is 10.1. The van der Waals surface area contributed by atoms with E-state index in [1.807, 2.05) is 63.2 Å². The van der Waals surface area contributed by atoms with Crippen LogP contribution in [0.25, 0.3) is 0 Å². The van der Waals surface area contributed by atoms with E-state index in [1.54, 1.807) is 0 Å². The first-order valence-corrected chi connectivity index (χ1v) is 8.94. The number of benzene rings is 2. The summed E-state index contributed by atoms with van der Waals surface area (Å²) in [5, 5.41) is 6.92. The average molecular weight is 351 g/mol. The summed E-state index contributed by atoms with van der Waals surface area (Å²) < 4.78 is 0. The molecule has 1 aromatic heterocycles. The van der Waals surface area contributed by atoms with Crippen molar-refractivity contribution in [3.63, 3.8) is 0 Å². The van der Waals surface area contributed by atoms with Crippen molar-refractivity contribution in [3.8, 4) is 0 Å². The molecule has 0 radical (unpaired) electrons. The van der Waals surface area contributed by atoms with E-state index in [9.17, 15) is 4.79 Å². The lowest BCUT2D eigenvalue weighted by Gasteiger charge is -2.06. The third-order valence-corrected chi connectivity index (χ3v) is 5.14. The molecule has 1 amide bonds. The predicted octanol–water partition coefficient (Wildman–Crippen LogP) is 5.37. The molecule has 0 aliphatic rings. The Morgan fingerprint density at radius 3 is 2.28 bits per heavy atom. The quantitative estimate of drug-likeness (QED) is 0.664. The fourth-order valence-electron chi connectivity index (χ4n) is 2.43. The molecule has 4 nitrogen and oxygen atoms in total. The molecule has 0 fully saturated rings. The van der Waals surface area contributed by atoms with Crippen LogP contribution in [0.1, 0.15) is 32.1 Å². The zero-order chi connectivity index (χ0) is 18.0. The van der Waals surface area contributed by atoms with Gasteiger partial charge in [0.25, 0.3) is 5.91 Å². The number of rotatable bonds is 4. The molecule has 2 N–H and O–H groups in total. The highest BCUT2D eigenvalue weighted by Crippen LogP contribution is 2.27. The van der Waals surface area contributed by atoms with Crippen molar-refractivity contribution in [3.05, 3.63) is 69.7 Å². The molecule has 0 spiro atoms. The van der Waals surface area contributed by atoms with Gasteiger partial charge in [-0.05, 0) is 63.1 Å². The topological polar surface area (TPSA) is 54.0 Å². The first kappa shape index (κ1) is 17.2. The number of nitrogens with zero attached hydrogens (tertiary/aromatic N) is 1. The smallest absolute Gasteiger partial charge is 0.267 e. The summed E-state index contributed by atoms with van der Waals surface area (Å²) in [6.45, 7) is 7.99. The van der Waals surface area contributed by atoms with Crippen LogP contribution in [-0.2, 0) is 0 Å². The molecule has 0 atom stereocenters. The van der Waals surface area contributed by atoms with Crippen LogP contribution in [0.15, 0.2) is 42.5 Å². The fraction of sp³-hybridized carbons (Fsp3) is 0.200. The third kappa shape index (κ3) is 4.06. The minimum Gasteiger partial charge on any atom is -0.332 e. The maximum absolute atomic E-state index is 12.6. The van der Waals surface area contributed by atoms with Crippen molar-refractivity contribution < 1.29 is 4.79 Å². The molecule has 0 saturated carbocycles. The molecule has 128 valence electrons. The van der Waals surface area contributed by atoms with Crippen LogP contribution in [0.3, 0.4) is 0 Å². The van der Waals surface area contributed by atoms with Crippen LogP contribution in [0.2, 0.25) is 0 Å². The number of carbonyl (C=O) groups is 1. The van der Waals surface area contributed by atoms with Crippen LogP contribution in [-0.4, -0.2) is 10.9 Å². The number of anilines is 3. The highest BCUT2D eigenvalue weighted by Gasteiger charge is 2.16. The molecule has 25 heavy (non-hydrogen) atoms. The molecule has 3 rings (SSSR count). The minimum absolute atomic E-state index is 0.129. The molecule has 0 aliphatic heterocycles. The average Bonchev–Trinajstić information content (AvgIpc) is 2.94. The van der Waals surface area contributed by atoms with E-state index in [1.165, 1.54) is 22.5 Å². The van der Waals surface area contributed by atoms with Gasteiger partial charge in [-0.3, -0.25) is 4.79 Å². The number of thiazole rings is 1. The molecule has 0 aliphatic carbocycles. The first-order chi connectivity index (χ1) is 11.9. The second-order valence-corrected chi connectivity index (χ2v) is 7.18. The summed E-state index contributed by atoms with van der Waals surface area (Å²) in [6, 6.07) is 14.0. The molecule has 0 bridgehead atoms. The van der Waals surface area contributed by atoms with Gasteiger partial charge < -0.3 is 10.6 Å². The highest BCUT2D eigenvalue weighted by atomic mass is 32.1. The van der Waals surface area contributed by atoms with E-state index >= 15 is 0 Å². The standard InChI is InChI=1S/C20H21N3OS/c1-12-5-8-16(9-6-12)23-20-21-15(4)18(25-20)19(24)22-17-10-7-13(2)14(3)11-17/h5-11H,1-4H3,(H,21,23)(H,22,24). The van der Waals surface area contributed by atoms with Crippen molar-refractivity contribution >= 4 is 33.8 Å². The Morgan fingerprint density at radius 2 is 1.60 bits per heavy atom. The zero-order valence-electron chi connectivity index (χ0n) is 14.8. The summed E-state index contributed by atoms with van der Waals surface area (Å²) >= 11 is 1.36. The molecule has 3 aromatic rings. The van der Waals surface area contributed by atoms with Gasteiger partial charge in [-0.25, -0.2) is 4.98 Å². The lowest BCUT2D eigenvalue weighted by molar-refractivity contribution is 0.103.